The number of hydrogen-bond donors (Lipinski definition) is 1. The first-order valence-corrected chi connectivity index (χ1v) is 4.13. The largest absolute Gasteiger partial charge is 0.382 e. The zero-order valence-corrected chi connectivity index (χ0v) is 7.51. The topological polar surface area (TPSA) is 44.5 Å². The van der Waals surface area contributed by atoms with Crippen molar-refractivity contribution >= 4 is 0 Å². The summed E-state index contributed by atoms with van der Waals surface area (Å²) >= 11 is 0. The Labute approximate surface area is 68.9 Å². The van der Waals surface area contributed by atoms with E-state index in [9.17, 15) is 0 Å². The second kappa shape index (κ2) is 7.98. The summed E-state index contributed by atoms with van der Waals surface area (Å²) < 4.78 is 10.1. The Morgan fingerprint density at radius 2 is 2.00 bits per heavy atom. The van der Waals surface area contributed by atoms with Crippen molar-refractivity contribution in [2.24, 2.45) is 5.73 Å². The van der Waals surface area contributed by atoms with Gasteiger partial charge in [-0.1, -0.05) is 6.92 Å². The Balaban J connectivity index is 2.89. The van der Waals surface area contributed by atoms with Crippen molar-refractivity contribution in [1.82, 2.24) is 0 Å². The van der Waals surface area contributed by atoms with E-state index in [2.05, 4.69) is 6.92 Å². The third kappa shape index (κ3) is 7.78. The molecule has 0 amide bonds. The lowest BCUT2D eigenvalue weighted by molar-refractivity contribution is 0.0671. The first-order chi connectivity index (χ1) is 5.31. The number of methoxy groups -OCH3 is 1. The second-order valence-electron chi connectivity index (χ2n) is 2.56. The van der Waals surface area contributed by atoms with Crippen LogP contribution in [0.25, 0.3) is 0 Å². The van der Waals surface area contributed by atoms with Crippen molar-refractivity contribution in [1.29, 1.82) is 0 Å². The summed E-state index contributed by atoms with van der Waals surface area (Å²) in [7, 11) is 1.67. The molecule has 0 aromatic heterocycles. The van der Waals surface area contributed by atoms with Gasteiger partial charge in [0.15, 0.2) is 0 Å². The second-order valence-corrected chi connectivity index (χ2v) is 2.56. The molecule has 0 aliphatic heterocycles. The molecule has 0 spiro atoms. The molecule has 3 nitrogen and oxygen atoms in total. The van der Waals surface area contributed by atoms with Crippen molar-refractivity contribution < 1.29 is 9.47 Å². The van der Waals surface area contributed by atoms with Gasteiger partial charge in [-0.3, -0.25) is 0 Å². The third-order valence-corrected chi connectivity index (χ3v) is 1.59. The van der Waals surface area contributed by atoms with E-state index in [-0.39, 0.29) is 6.04 Å². The standard InChI is InChI=1S/C8H19NO2/c1-3-8(9)4-5-11-7-6-10-2/h8H,3-7,9H2,1-2H3/t8-/m0/s1. The molecule has 3 heteroatoms. The summed E-state index contributed by atoms with van der Waals surface area (Å²) in [6.45, 7) is 4.17. The first kappa shape index (κ1) is 10.9. The molecule has 0 aliphatic rings. The quantitative estimate of drug-likeness (QED) is 0.561. The molecule has 0 aromatic rings. The SMILES string of the molecule is CC[C@H](N)CCOCCOC. The summed E-state index contributed by atoms with van der Waals surface area (Å²) in [5.74, 6) is 0. The highest BCUT2D eigenvalue weighted by Crippen LogP contribution is 1.93. The van der Waals surface area contributed by atoms with Crippen LogP contribution in [0.3, 0.4) is 0 Å². The van der Waals surface area contributed by atoms with Gasteiger partial charge in [-0.2, -0.15) is 0 Å². The van der Waals surface area contributed by atoms with E-state index in [1.54, 1.807) is 7.11 Å². The maximum Gasteiger partial charge on any atom is 0.0700 e. The maximum atomic E-state index is 5.68. The van der Waals surface area contributed by atoms with Gasteiger partial charge in [0.25, 0.3) is 0 Å². The van der Waals surface area contributed by atoms with Gasteiger partial charge in [-0.05, 0) is 12.8 Å². The molecular weight excluding hydrogens is 142 g/mol. The van der Waals surface area contributed by atoms with Gasteiger partial charge in [0.2, 0.25) is 0 Å². The molecule has 0 radical (unpaired) electrons. The number of ether oxygens (including phenoxy) is 2. The molecule has 0 rings (SSSR count). The van der Waals surface area contributed by atoms with Crippen LogP contribution < -0.4 is 5.73 Å². The molecule has 0 fully saturated rings. The highest BCUT2D eigenvalue weighted by molar-refractivity contribution is 4.56. The molecule has 0 saturated heterocycles. The molecule has 0 aromatic carbocycles. The van der Waals surface area contributed by atoms with E-state index >= 15 is 0 Å². The minimum absolute atomic E-state index is 0.289. The van der Waals surface area contributed by atoms with Crippen molar-refractivity contribution in [2.75, 3.05) is 26.9 Å². The molecule has 0 unspecified atom stereocenters. The summed E-state index contributed by atoms with van der Waals surface area (Å²) in [5.41, 5.74) is 5.68. The Hall–Kier alpha value is -0.120. The monoisotopic (exact) mass is 161 g/mol. The van der Waals surface area contributed by atoms with Crippen LogP contribution >= 0.6 is 0 Å². The average molecular weight is 161 g/mol. The van der Waals surface area contributed by atoms with Crippen LogP contribution in [0.4, 0.5) is 0 Å². The Morgan fingerprint density at radius 1 is 1.27 bits per heavy atom. The number of rotatable bonds is 7. The van der Waals surface area contributed by atoms with Crippen molar-refractivity contribution in [3.63, 3.8) is 0 Å². The van der Waals surface area contributed by atoms with Crippen LogP contribution in [0.2, 0.25) is 0 Å². The van der Waals surface area contributed by atoms with E-state index in [1.165, 1.54) is 0 Å². The van der Waals surface area contributed by atoms with Crippen LogP contribution in [-0.2, 0) is 9.47 Å². The predicted octanol–water partition coefficient (Wildman–Crippen LogP) is 0.777. The van der Waals surface area contributed by atoms with E-state index in [0.29, 0.717) is 13.2 Å². The van der Waals surface area contributed by atoms with E-state index in [1.807, 2.05) is 0 Å². The Bertz CT molecular complexity index is 78.5. The smallest absolute Gasteiger partial charge is 0.0700 e. The van der Waals surface area contributed by atoms with E-state index in [0.717, 1.165) is 19.4 Å². The summed E-state index contributed by atoms with van der Waals surface area (Å²) in [4.78, 5) is 0. The van der Waals surface area contributed by atoms with E-state index in [4.69, 9.17) is 15.2 Å². The van der Waals surface area contributed by atoms with Crippen LogP contribution in [-0.4, -0.2) is 33.0 Å². The molecule has 1 atom stereocenters. The van der Waals surface area contributed by atoms with Crippen LogP contribution in [0.15, 0.2) is 0 Å². The fourth-order valence-corrected chi connectivity index (χ4v) is 0.683. The van der Waals surface area contributed by atoms with Crippen LogP contribution in [0.1, 0.15) is 19.8 Å². The first-order valence-electron chi connectivity index (χ1n) is 4.13. The number of hydrogen-bond acceptors (Lipinski definition) is 3. The lowest BCUT2D eigenvalue weighted by Gasteiger charge is -2.08. The van der Waals surface area contributed by atoms with Crippen molar-refractivity contribution in [3.8, 4) is 0 Å². The Morgan fingerprint density at radius 3 is 2.55 bits per heavy atom. The molecule has 0 aliphatic carbocycles. The van der Waals surface area contributed by atoms with Gasteiger partial charge < -0.3 is 15.2 Å². The van der Waals surface area contributed by atoms with Crippen molar-refractivity contribution in [2.45, 2.75) is 25.8 Å². The molecular formula is C8H19NO2. The average Bonchev–Trinajstić information content (AvgIpc) is 2.04. The minimum Gasteiger partial charge on any atom is -0.382 e. The van der Waals surface area contributed by atoms with E-state index < -0.39 is 0 Å². The summed E-state index contributed by atoms with van der Waals surface area (Å²) in [6, 6.07) is 0.289. The zero-order valence-electron chi connectivity index (χ0n) is 7.51. The van der Waals surface area contributed by atoms with Gasteiger partial charge >= 0.3 is 0 Å². The predicted molar refractivity (Wildman–Crippen MR) is 45.6 cm³/mol. The highest BCUT2D eigenvalue weighted by Gasteiger charge is 1.97. The fourth-order valence-electron chi connectivity index (χ4n) is 0.683. The van der Waals surface area contributed by atoms with Gasteiger partial charge in [-0.25, -0.2) is 0 Å². The van der Waals surface area contributed by atoms with Crippen LogP contribution in [0, 0.1) is 0 Å². The summed E-state index contributed by atoms with van der Waals surface area (Å²) in [5, 5.41) is 0. The van der Waals surface area contributed by atoms with Crippen molar-refractivity contribution in [3.05, 3.63) is 0 Å². The molecule has 0 heterocycles. The Kier molecular flexibility index (Phi) is 7.89. The molecule has 11 heavy (non-hydrogen) atoms. The highest BCUT2D eigenvalue weighted by atomic mass is 16.5. The molecule has 0 bridgehead atoms. The normalized spacial score (nSPS) is 13.4. The lowest BCUT2D eigenvalue weighted by Crippen LogP contribution is -2.21. The molecule has 68 valence electrons. The summed E-state index contributed by atoms with van der Waals surface area (Å²) in [6.07, 6.45) is 1.97. The molecule has 2 N–H and O–H groups in total. The fraction of sp³-hybridized carbons (Fsp3) is 1.00. The maximum absolute atomic E-state index is 5.68. The van der Waals surface area contributed by atoms with Gasteiger partial charge in [0, 0.05) is 19.8 Å². The van der Waals surface area contributed by atoms with Gasteiger partial charge in [-0.15, -0.1) is 0 Å². The van der Waals surface area contributed by atoms with Gasteiger partial charge in [0.1, 0.15) is 0 Å². The third-order valence-electron chi connectivity index (χ3n) is 1.59. The zero-order chi connectivity index (χ0) is 8.53. The van der Waals surface area contributed by atoms with Crippen LogP contribution in [0.5, 0.6) is 0 Å². The minimum atomic E-state index is 0.289. The lowest BCUT2D eigenvalue weighted by atomic mass is 10.2. The van der Waals surface area contributed by atoms with Gasteiger partial charge in [0.05, 0.1) is 13.2 Å². The number of nitrogens with two attached hydrogens (primary N) is 1. The molecule has 0 saturated carbocycles.